The second-order valence-electron chi connectivity index (χ2n) is 4.92. The Labute approximate surface area is 134 Å². The molecule has 0 fully saturated rings. The van der Waals surface area contributed by atoms with Gasteiger partial charge in [-0.25, -0.2) is 9.97 Å². The van der Waals surface area contributed by atoms with Gasteiger partial charge in [-0.05, 0) is 19.1 Å². The van der Waals surface area contributed by atoms with Crippen LogP contribution >= 0.6 is 0 Å². The van der Waals surface area contributed by atoms with E-state index >= 15 is 0 Å². The van der Waals surface area contributed by atoms with Crippen molar-refractivity contribution in [2.75, 3.05) is 6.54 Å². The molecule has 0 aliphatic heterocycles. The van der Waals surface area contributed by atoms with E-state index in [1.807, 2.05) is 49.4 Å². The number of carbonyl (C=O) groups is 1. The molecule has 2 aromatic heterocycles. The second-order valence-corrected chi connectivity index (χ2v) is 4.92. The minimum absolute atomic E-state index is 0.173. The predicted octanol–water partition coefficient (Wildman–Crippen LogP) is 2.96. The molecule has 0 unspecified atom stereocenters. The molecule has 0 aliphatic rings. The number of nitrogens with zero attached hydrogens (tertiary/aromatic N) is 3. The highest BCUT2D eigenvalue weighted by molar-refractivity contribution is 5.99. The first-order chi connectivity index (χ1) is 11.3. The van der Waals surface area contributed by atoms with Gasteiger partial charge in [0, 0.05) is 36.3 Å². The van der Waals surface area contributed by atoms with E-state index in [2.05, 4.69) is 20.3 Å². The van der Waals surface area contributed by atoms with Gasteiger partial charge in [0.15, 0.2) is 5.82 Å². The van der Waals surface area contributed by atoms with Crippen LogP contribution in [0.3, 0.4) is 0 Å². The summed E-state index contributed by atoms with van der Waals surface area (Å²) in [5.41, 5.74) is 2.83. The lowest BCUT2D eigenvalue weighted by Crippen LogP contribution is -2.24. The van der Waals surface area contributed by atoms with Gasteiger partial charge < -0.3 is 5.32 Å². The maximum atomic E-state index is 12.3. The van der Waals surface area contributed by atoms with Crippen LogP contribution in [0.1, 0.15) is 17.3 Å². The fourth-order valence-electron chi connectivity index (χ4n) is 2.26. The van der Waals surface area contributed by atoms with Crippen molar-refractivity contribution in [3.63, 3.8) is 0 Å². The van der Waals surface area contributed by atoms with E-state index in [1.54, 1.807) is 18.6 Å². The van der Waals surface area contributed by atoms with Gasteiger partial charge in [-0.1, -0.05) is 30.3 Å². The van der Waals surface area contributed by atoms with Crippen molar-refractivity contribution in [1.82, 2.24) is 20.3 Å². The molecule has 23 heavy (non-hydrogen) atoms. The molecule has 1 N–H and O–H groups in total. The van der Waals surface area contributed by atoms with Crippen LogP contribution in [0.2, 0.25) is 0 Å². The molecule has 3 rings (SSSR count). The number of nitrogens with one attached hydrogen (secondary N) is 1. The first-order valence-corrected chi connectivity index (χ1v) is 7.40. The molecule has 5 nitrogen and oxygen atoms in total. The Morgan fingerprint density at radius 3 is 2.48 bits per heavy atom. The van der Waals surface area contributed by atoms with Gasteiger partial charge in [0.05, 0.1) is 11.3 Å². The highest BCUT2D eigenvalue weighted by atomic mass is 16.1. The summed E-state index contributed by atoms with van der Waals surface area (Å²) < 4.78 is 0. The number of benzene rings is 1. The molecule has 0 saturated heterocycles. The summed E-state index contributed by atoms with van der Waals surface area (Å²) in [6.45, 7) is 2.44. The molecule has 0 spiro atoms. The lowest BCUT2D eigenvalue weighted by Gasteiger charge is -2.10. The van der Waals surface area contributed by atoms with Gasteiger partial charge in [-0.15, -0.1) is 0 Å². The highest BCUT2D eigenvalue weighted by Gasteiger charge is 2.16. The first-order valence-electron chi connectivity index (χ1n) is 7.40. The number of carbonyl (C=O) groups excluding carboxylic acids is 1. The van der Waals surface area contributed by atoms with Crippen molar-refractivity contribution in [2.24, 2.45) is 0 Å². The Morgan fingerprint density at radius 1 is 1.04 bits per heavy atom. The molecule has 5 heteroatoms. The molecule has 0 aliphatic carbocycles. The average molecular weight is 304 g/mol. The molecule has 0 saturated carbocycles. The van der Waals surface area contributed by atoms with Crippen LogP contribution in [0.5, 0.6) is 0 Å². The van der Waals surface area contributed by atoms with Crippen LogP contribution < -0.4 is 5.32 Å². The third-order valence-corrected chi connectivity index (χ3v) is 3.36. The highest BCUT2D eigenvalue weighted by Crippen LogP contribution is 2.24. The van der Waals surface area contributed by atoms with Crippen molar-refractivity contribution in [3.05, 3.63) is 66.6 Å². The van der Waals surface area contributed by atoms with Crippen molar-refractivity contribution >= 4 is 5.91 Å². The maximum absolute atomic E-state index is 12.3. The topological polar surface area (TPSA) is 67.8 Å². The standard InChI is InChI=1S/C18H16N4O/c1-2-20-18(23)15-12-21-17(14-8-10-19-11-9-14)22-16(15)13-6-4-3-5-7-13/h3-12H,2H2,1H3,(H,20,23). The normalized spacial score (nSPS) is 10.3. The fourth-order valence-corrected chi connectivity index (χ4v) is 2.26. The molecule has 0 bridgehead atoms. The zero-order valence-corrected chi connectivity index (χ0v) is 12.7. The molecular weight excluding hydrogens is 288 g/mol. The van der Waals surface area contributed by atoms with E-state index < -0.39 is 0 Å². The minimum atomic E-state index is -0.173. The Kier molecular flexibility index (Phi) is 4.38. The molecule has 1 amide bonds. The summed E-state index contributed by atoms with van der Waals surface area (Å²) in [7, 11) is 0. The van der Waals surface area contributed by atoms with Crippen molar-refractivity contribution < 1.29 is 4.79 Å². The molecule has 1 aromatic carbocycles. The van der Waals surface area contributed by atoms with E-state index in [-0.39, 0.29) is 5.91 Å². The lowest BCUT2D eigenvalue weighted by atomic mass is 10.1. The van der Waals surface area contributed by atoms with Crippen molar-refractivity contribution in [1.29, 1.82) is 0 Å². The number of pyridine rings is 1. The van der Waals surface area contributed by atoms with Crippen LogP contribution in [0.15, 0.2) is 61.1 Å². The van der Waals surface area contributed by atoms with Gasteiger partial charge in [-0.2, -0.15) is 0 Å². The van der Waals surface area contributed by atoms with Crippen molar-refractivity contribution in [3.8, 4) is 22.6 Å². The van der Waals surface area contributed by atoms with Crippen LogP contribution in [-0.2, 0) is 0 Å². The number of hydrogen-bond donors (Lipinski definition) is 1. The number of aromatic nitrogens is 3. The van der Waals surface area contributed by atoms with Gasteiger partial charge in [0.1, 0.15) is 0 Å². The molecule has 3 aromatic rings. The summed E-state index contributed by atoms with van der Waals surface area (Å²) in [6.07, 6.45) is 4.97. The second kappa shape index (κ2) is 6.79. The monoisotopic (exact) mass is 304 g/mol. The summed E-state index contributed by atoms with van der Waals surface area (Å²) in [4.78, 5) is 25.2. The van der Waals surface area contributed by atoms with Gasteiger partial charge in [0.2, 0.25) is 0 Å². The summed E-state index contributed by atoms with van der Waals surface area (Å²) in [5, 5.41) is 2.80. The van der Waals surface area contributed by atoms with E-state index in [1.165, 1.54) is 0 Å². The minimum Gasteiger partial charge on any atom is -0.352 e. The predicted molar refractivity (Wildman–Crippen MR) is 88.7 cm³/mol. The Bertz CT molecular complexity index is 804. The molecule has 2 heterocycles. The zero-order valence-electron chi connectivity index (χ0n) is 12.7. The molecule has 114 valence electrons. The maximum Gasteiger partial charge on any atom is 0.255 e. The third-order valence-electron chi connectivity index (χ3n) is 3.36. The third kappa shape index (κ3) is 3.23. The summed E-state index contributed by atoms with van der Waals surface area (Å²) in [5.74, 6) is 0.395. The Balaban J connectivity index is 2.13. The number of hydrogen-bond acceptors (Lipinski definition) is 4. The average Bonchev–Trinajstić information content (AvgIpc) is 2.63. The van der Waals surface area contributed by atoms with Gasteiger partial charge in [0.25, 0.3) is 5.91 Å². The van der Waals surface area contributed by atoms with E-state index in [9.17, 15) is 4.79 Å². The van der Waals surface area contributed by atoms with Crippen LogP contribution in [0.4, 0.5) is 0 Å². The van der Waals surface area contributed by atoms with Crippen molar-refractivity contribution in [2.45, 2.75) is 6.92 Å². The quantitative estimate of drug-likeness (QED) is 0.804. The van der Waals surface area contributed by atoms with E-state index in [0.29, 0.717) is 23.6 Å². The zero-order chi connectivity index (χ0) is 16.1. The smallest absolute Gasteiger partial charge is 0.255 e. The SMILES string of the molecule is CCNC(=O)c1cnc(-c2ccncc2)nc1-c1ccccc1. The number of amides is 1. The van der Waals surface area contributed by atoms with Gasteiger partial charge >= 0.3 is 0 Å². The largest absolute Gasteiger partial charge is 0.352 e. The first kappa shape index (κ1) is 14.8. The molecule has 0 radical (unpaired) electrons. The summed E-state index contributed by atoms with van der Waals surface area (Å²) >= 11 is 0. The fraction of sp³-hybridized carbons (Fsp3) is 0.111. The number of rotatable bonds is 4. The Morgan fingerprint density at radius 2 is 1.78 bits per heavy atom. The molecular formula is C18H16N4O. The van der Waals surface area contributed by atoms with Crippen LogP contribution in [-0.4, -0.2) is 27.4 Å². The van der Waals surface area contributed by atoms with Gasteiger partial charge in [-0.3, -0.25) is 9.78 Å². The Hall–Kier alpha value is -3.08. The molecule has 0 atom stereocenters. The van der Waals surface area contributed by atoms with Crippen LogP contribution in [0.25, 0.3) is 22.6 Å². The van der Waals surface area contributed by atoms with Crippen LogP contribution in [0, 0.1) is 0 Å². The summed E-state index contributed by atoms with van der Waals surface area (Å²) in [6, 6.07) is 13.3. The van der Waals surface area contributed by atoms with E-state index in [4.69, 9.17) is 0 Å². The lowest BCUT2D eigenvalue weighted by molar-refractivity contribution is 0.0956. The van der Waals surface area contributed by atoms with E-state index in [0.717, 1.165) is 11.1 Å².